The molecule has 0 bridgehead atoms. The Hall–Kier alpha value is -3.98. The van der Waals surface area contributed by atoms with Crippen molar-refractivity contribution in [1.82, 2.24) is 24.2 Å². The van der Waals surface area contributed by atoms with Gasteiger partial charge in [-0.15, -0.1) is 0 Å². The lowest BCUT2D eigenvalue weighted by molar-refractivity contribution is 0.0654. The van der Waals surface area contributed by atoms with Crippen molar-refractivity contribution in [3.63, 3.8) is 0 Å². The van der Waals surface area contributed by atoms with Crippen molar-refractivity contribution < 1.29 is 13.9 Å². The molecule has 2 aromatic heterocycles. The summed E-state index contributed by atoms with van der Waals surface area (Å²) in [5.74, 6) is 0.910. The van der Waals surface area contributed by atoms with Crippen molar-refractivity contribution in [2.24, 2.45) is 5.92 Å². The number of piperidine rings is 1. The Morgan fingerprint density at radius 3 is 2.79 bits per heavy atom. The van der Waals surface area contributed by atoms with E-state index >= 15 is 0 Å². The van der Waals surface area contributed by atoms with Crippen LogP contribution in [0.25, 0.3) is 16.9 Å². The van der Waals surface area contributed by atoms with Gasteiger partial charge in [0.1, 0.15) is 0 Å². The Labute approximate surface area is 222 Å². The van der Waals surface area contributed by atoms with Crippen molar-refractivity contribution in [3.05, 3.63) is 71.9 Å². The second-order valence-corrected chi connectivity index (χ2v) is 10.1. The Kier molecular flexibility index (Phi) is 7.28. The van der Waals surface area contributed by atoms with Gasteiger partial charge in [0.25, 0.3) is 5.91 Å². The number of ether oxygens (including phenoxy) is 1. The largest absolute Gasteiger partial charge is 0.494 e. The van der Waals surface area contributed by atoms with Crippen LogP contribution in [0.2, 0.25) is 0 Å². The number of rotatable bonds is 7. The number of methoxy groups -OCH3 is 1. The number of hydrogen-bond donors (Lipinski definition) is 1. The van der Waals surface area contributed by atoms with Crippen LogP contribution in [-0.4, -0.2) is 70.9 Å². The van der Waals surface area contributed by atoms with Crippen LogP contribution < -0.4 is 10.1 Å². The van der Waals surface area contributed by atoms with E-state index in [9.17, 15) is 9.18 Å². The van der Waals surface area contributed by atoms with Crippen molar-refractivity contribution in [3.8, 4) is 17.0 Å². The molecule has 0 saturated carbocycles. The van der Waals surface area contributed by atoms with Crippen LogP contribution >= 0.6 is 0 Å². The van der Waals surface area contributed by atoms with Gasteiger partial charge in [0.05, 0.1) is 19.0 Å². The number of anilines is 2. The number of carbonyl (C=O) groups is 1. The fraction of sp³-hybridized carbons (Fsp3) is 0.345. The van der Waals surface area contributed by atoms with Gasteiger partial charge in [-0.3, -0.25) is 9.20 Å². The predicted molar refractivity (Wildman–Crippen MR) is 147 cm³/mol. The molecular weight excluding hydrogens is 483 g/mol. The first-order valence-corrected chi connectivity index (χ1v) is 12.8. The molecule has 1 atom stereocenters. The van der Waals surface area contributed by atoms with E-state index < -0.39 is 5.82 Å². The minimum Gasteiger partial charge on any atom is -0.494 e. The highest BCUT2D eigenvalue weighted by Gasteiger charge is 2.25. The lowest BCUT2D eigenvalue weighted by Gasteiger charge is -2.34. The molecule has 1 amide bonds. The molecule has 198 valence electrons. The zero-order valence-corrected chi connectivity index (χ0v) is 22.2. The average Bonchev–Trinajstić information content (AvgIpc) is 3.33. The highest BCUT2D eigenvalue weighted by atomic mass is 19.1. The number of nitrogens with one attached hydrogen (secondary N) is 1. The number of imidazole rings is 1. The smallest absolute Gasteiger partial charge is 0.254 e. The first-order chi connectivity index (χ1) is 18.3. The molecule has 2 aromatic carbocycles. The van der Waals surface area contributed by atoms with Crippen molar-refractivity contribution in [2.75, 3.05) is 46.2 Å². The second-order valence-electron chi connectivity index (χ2n) is 10.1. The number of carbonyl (C=O) groups excluding carboxylic acids is 1. The summed E-state index contributed by atoms with van der Waals surface area (Å²) in [6.45, 7) is 4.55. The molecule has 1 saturated heterocycles. The van der Waals surface area contributed by atoms with Gasteiger partial charge in [0, 0.05) is 48.8 Å². The maximum atomic E-state index is 14.3. The van der Waals surface area contributed by atoms with Crippen molar-refractivity contribution in [2.45, 2.75) is 19.8 Å². The number of aromatic nitrogens is 3. The summed E-state index contributed by atoms with van der Waals surface area (Å²) in [6.07, 6.45) is 7.35. The highest BCUT2D eigenvalue weighted by Crippen LogP contribution is 2.29. The zero-order chi connectivity index (χ0) is 26.8. The third-order valence-corrected chi connectivity index (χ3v) is 7.02. The number of hydrogen-bond acceptors (Lipinski definition) is 6. The molecule has 1 aliphatic heterocycles. The van der Waals surface area contributed by atoms with E-state index in [0.29, 0.717) is 22.9 Å². The van der Waals surface area contributed by atoms with E-state index in [0.717, 1.165) is 55.0 Å². The Morgan fingerprint density at radius 2 is 2.05 bits per heavy atom. The molecular formula is C29H33FN6O2. The van der Waals surface area contributed by atoms with Gasteiger partial charge in [-0.1, -0.05) is 0 Å². The molecule has 1 unspecified atom stereocenters. The van der Waals surface area contributed by atoms with Gasteiger partial charge in [0.15, 0.2) is 23.0 Å². The molecule has 38 heavy (non-hydrogen) atoms. The number of nitrogens with zero attached hydrogens (tertiary/aromatic N) is 5. The van der Waals surface area contributed by atoms with E-state index in [1.54, 1.807) is 30.7 Å². The summed E-state index contributed by atoms with van der Waals surface area (Å²) in [5.41, 5.74) is 4.45. The van der Waals surface area contributed by atoms with Crippen molar-refractivity contribution >= 4 is 23.1 Å². The van der Waals surface area contributed by atoms with Crippen LogP contribution in [0, 0.1) is 18.7 Å². The summed E-state index contributed by atoms with van der Waals surface area (Å²) < 4.78 is 21.2. The predicted octanol–water partition coefficient (Wildman–Crippen LogP) is 5.01. The Morgan fingerprint density at radius 1 is 1.21 bits per heavy atom. The molecule has 1 N–H and O–H groups in total. The fourth-order valence-corrected chi connectivity index (χ4v) is 5.25. The minimum absolute atomic E-state index is 0.0855. The van der Waals surface area contributed by atoms with Crippen LogP contribution in [0.5, 0.6) is 5.75 Å². The van der Waals surface area contributed by atoms with Crippen molar-refractivity contribution in [1.29, 1.82) is 0 Å². The SMILES string of the molecule is COc1ccc(-c2cnc3c(Nc4ccc(C(=O)N5CCCC(CN(C)C)C5)c(C)c4)nccn23)cc1F. The van der Waals surface area contributed by atoms with Gasteiger partial charge in [-0.05, 0) is 81.7 Å². The minimum atomic E-state index is -0.435. The molecule has 3 heterocycles. The molecule has 4 aromatic rings. The molecule has 0 aliphatic carbocycles. The quantitative estimate of drug-likeness (QED) is 0.372. The molecule has 0 spiro atoms. The first-order valence-electron chi connectivity index (χ1n) is 12.8. The molecule has 1 fully saturated rings. The lowest BCUT2D eigenvalue weighted by atomic mass is 9.96. The number of benzene rings is 2. The summed E-state index contributed by atoms with van der Waals surface area (Å²) in [4.78, 5) is 26.5. The molecule has 5 rings (SSSR count). The fourth-order valence-electron chi connectivity index (χ4n) is 5.25. The van der Waals surface area contributed by atoms with E-state index in [1.165, 1.54) is 13.2 Å². The number of fused-ring (bicyclic) bond motifs is 1. The number of amides is 1. The summed E-state index contributed by atoms with van der Waals surface area (Å²) in [5, 5.41) is 3.34. The Bertz CT molecular complexity index is 1470. The van der Waals surface area contributed by atoms with Crippen LogP contribution in [-0.2, 0) is 0 Å². The molecule has 1 aliphatic rings. The van der Waals surface area contributed by atoms with Crippen LogP contribution in [0.3, 0.4) is 0 Å². The number of halogens is 1. The summed E-state index contributed by atoms with van der Waals surface area (Å²) in [6, 6.07) is 10.6. The number of likely N-dealkylation sites (tertiary alicyclic amines) is 1. The maximum absolute atomic E-state index is 14.3. The lowest BCUT2D eigenvalue weighted by Crippen LogP contribution is -2.42. The molecule has 9 heteroatoms. The summed E-state index contributed by atoms with van der Waals surface area (Å²) >= 11 is 0. The molecule has 8 nitrogen and oxygen atoms in total. The van der Waals surface area contributed by atoms with E-state index in [2.05, 4.69) is 34.3 Å². The maximum Gasteiger partial charge on any atom is 0.254 e. The van der Waals surface area contributed by atoms with Crippen LogP contribution in [0.15, 0.2) is 55.0 Å². The third kappa shape index (κ3) is 5.19. The third-order valence-electron chi connectivity index (χ3n) is 7.02. The van der Waals surface area contributed by atoms with E-state index in [-0.39, 0.29) is 11.7 Å². The monoisotopic (exact) mass is 516 g/mol. The topological polar surface area (TPSA) is 75.0 Å². The first kappa shape index (κ1) is 25.7. The van der Waals surface area contributed by atoms with E-state index in [1.807, 2.05) is 34.4 Å². The normalized spacial score (nSPS) is 15.7. The average molecular weight is 517 g/mol. The Balaban J connectivity index is 1.36. The second kappa shape index (κ2) is 10.8. The van der Waals surface area contributed by atoms with Gasteiger partial charge in [0.2, 0.25) is 0 Å². The van der Waals surface area contributed by atoms with Crippen LogP contribution in [0.4, 0.5) is 15.9 Å². The van der Waals surface area contributed by atoms with Crippen LogP contribution in [0.1, 0.15) is 28.8 Å². The van der Waals surface area contributed by atoms with Gasteiger partial charge in [-0.25, -0.2) is 14.4 Å². The van der Waals surface area contributed by atoms with Gasteiger partial charge < -0.3 is 19.9 Å². The van der Waals surface area contributed by atoms with Gasteiger partial charge >= 0.3 is 0 Å². The van der Waals surface area contributed by atoms with Gasteiger partial charge in [-0.2, -0.15) is 0 Å². The molecule has 0 radical (unpaired) electrons. The standard InChI is InChI=1S/C29H33FN6O2/c1-19-14-22(8-9-23(19)29(37)35-12-5-6-20(18-35)17-34(2)3)33-27-28-32-16-25(36(28)13-11-31-27)21-7-10-26(38-4)24(30)15-21/h7-11,13-16,20H,5-6,12,17-18H2,1-4H3,(H,31,33). The van der Waals surface area contributed by atoms with E-state index in [4.69, 9.17) is 4.74 Å². The zero-order valence-electron chi connectivity index (χ0n) is 22.2. The summed E-state index contributed by atoms with van der Waals surface area (Å²) in [7, 11) is 5.60. The highest BCUT2D eigenvalue weighted by molar-refractivity contribution is 5.96. The number of aryl methyl sites for hydroxylation is 1.